The van der Waals surface area contributed by atoms with Crippen LogP contribution in [0.2, 0.25) is 0 Å². The van der Waals surface area contributed by atoms with Crippen LogP contribution in [0.3, 0.4) is 0 Å². The van der Waals surface area contributed by atoms with Crippen LogP contribution < -0.4 is 0 Å². The van der Waals surface area contributed by atoms with Crippen molar-refractivity contribution in [3.63, 3.8) is 0 Å². The second-order valence-electron chi connectivity index (χ2n) is 16.7. The van der Waals surface area contributed by atoms with Gasteiger partial charge >= 0.3 is 0 Å². The topological polar surface area (TPSA) is 62.5 Å². The number of benzene rings is 7. The van der Waals surface area contributed by atoms with Crippen LogP contribution in [0, 0.1) is 11.3 Å². The van der Waals surface area contributed by atoms with E-state index in [1.165, 1.54) is 63.8 Å². The highest BCUT2D eigenvalue weighted by atomic mass is 14.9. The van der Waals surface area contributed by atoms with Crippen LogP contribution in [0.15, 0.2) is 194 Å². The fourth-order valence-corrected chi connectivity index (χ4v) is 9.89. The summed E-state index contributed by atoms with van der Waals surface area (Å²) in [6, 6.07) is 67.1. The number of hydrogen-bond acceptors (Lipinski definition) is 4. The molecule has 2 heterocycles. The van der Waals surface area contributed by atoms with E-state index in [2.05, 4.69) is 163 Å². The Morgan fingerprint density at radius 2 is 0.968 bits per heavy atom. The van der Waals surface area contributed by atoms with E-state index in [1.807, 2.05) is 36.5 Å². The number of nitrogens with zero attached hydrogens (tertiary/aromatic N) is 4. The quantitative estimate of drug-likeness (QED) is 0.161. The van der Waals surface area contributed by atoms with E-state index in [0.29, 0.717) is 5.82 Å². The van der Waals surface area contributed by atoms with Gasteiger partial charge in [-0.3, -0.25) is 4.98 Å². The molecule has 294 valence electrons. The molecule has 2 aromatic heterocycles. The summed E-state index contributed by atoms with van der Waals surface area (Å²) in [5.74, 6) is 0.691. The maximum Gasteiger partial charge on any atom is 0.160 e. The maximum atomic E-state index is 9.74. The van der Waals surface area contributed by atoms with Crippen LogP contribution in [0.4, 0.5) is 0 Å². The summed E-state index contributed by atoms with van der Waals surface area (Å²) >= 11 is 0. The van der Waals surface area contributed by atoms with Crippen molar-refractivity contribution >= 4 is 0 Å². The van der Waals surface area contributed by atoms with Crippen molar-refractivity contribution in [1.29, 1.82) is 5.26 Å². The molecule has 9 aromatic rings. The van der Waals surface area contributed by atoms with Gasteiger partial charge in [-0.25, -0.2) is 9.97 Å². The Morgan fingerprint density at radius 1 is 0.403 bits per heavy atom. The second kappa shape index (κ2) is 15.7. The Hall–Kier alpha value is -7.74. The van der Waals surface area contributed by atoms with E-state index in [9.17, 15) is 5.26 Å². The van der Waals surface area contributed by atoms with Crippen molar-refractivity contribution in [3.05, 3.63) is 211 Å². The van der Waals surface area contributed by atoms with E-state index in [1.54, 1.807) is 6.20 Å². The van der Waals surface area contributed by atoms with E-state index in [-0.39, 0.29) is 5.41 Å². The Labute approximate surface area is 362 Å². The van der Waals surface area contributed by atoms with E-state index in [0.717, 1.165) is 68.7 Å². The fraction of sp³-hybridized carbons (Fsp3) is 0.103. The molecule has 0 radical (unpaired) electrons. The highest BCUT2D eigenvalue weighted by Gasteiger charge is 2.44. The molecule has 2 aliphatic rings. The Balaban J connectivity index is 0.923. The molecule has 7 aromatic carbocycles. The summed E-state index contributed by atoms with van der Waals surface area (Å²) in [7, 11) is 0. The average molecular weight is 795 g/mol. The van der Waals surface area contributed by atoms with Crippen LogP contribution in [-0.4, -0.2) is 15.0 Å². The Kier molecular flexibility index (Phi) is 9.44. The van der Waals surface area contributed by atoms with Crippen LogP contribution in [0.1, 0.15) is 48.8 Å². The molecule has 0 unspecified atom stereocenters. The Morgan fingerprint density at radius 3 is 1.61 bits per heavy atom. The molecule has 0 bridgehead atoms. The van der Waals surface area contributed by atoms with Gasteiger partial charge in [-0.1, -0.05) is 153 Å². The molecular weight excluding hydrogens is 753 g/mol. The Bertz CT molecular complexity index is 3160. The fourth-order valence-electron chi connectivity index (χ4n) is 9.89. The van der Waals surface area contributed by atoms with Crippen LogP contribution in [-0.2, 0) is 5.41 Å². The van der Waals surface area contributed by atoms with Crippen LogP contribution in [0.5, 0.6) is 0 Å². The van der Waals surface area contributed by atoms with Crippen molar-refractivity contribution in [2.75, 3.05) is 0 Å². The van der Waals surface area contributed by atoms with E-state index < -0.39 is 0 Å². The number of pyridine rings is 1. The van der Waals surface area contributed by atoms with Gasteiger partial charge in [-0.15, -0.1) is 0 Å². The van der Waals surface area contributed by atoms with Crippen molar-refractivity contribution < 1.29 is 0 Å². The van der Waals surface area contributed by atoms with Crippen molar-refractivity contribution in [2.45, 2.75) is 37.5 Å². The molecule has 1 fully saturated rings. The lowest BCUT2D eigenvalue weighted by molar-refractivity contribution is 0.353. The number of rotatable bonds is 7. The van der Waals surface area contributed by atoms with E-state index >= 15 is 0 Å². The third-order valence-corrected chi connectivity index (χ3v) is 13.0. The van der Waals surface area contributed by atoms with Gasteiger partial charge in [0, 0.05) is 34.5 Å². The molecule has 1 saturated carbocycles. The number of fused-ring (bicyclic) bond motifs is 5. The molecule has 1 spiro atoms. The van der Waals surface area contributed by atoms with Gasteiger partial charge in [0.05, 0.1) is 23.0 Å². The zero-order valence-electron chi connectivity index (χ0n) is 34.3. The van der Waals surface area contributed by atoms with Gasteiger partial charge < -0.3 is 0 Å². The minimum atomic E-state index is 0.0239. The standard InChI is InChI=1S/C58H42N4/c59-37-39-20-27-53-52(31-39)51-26-25-48(35-54(51)58(53)28-5-2-6-29-58)46-16-8-14-44(33-46)43-13-7-15-45(32-43)47-17-9-18-49(34-47)56-36-55(61-57(62-56)42-11-3-1-4-12-42)41-23-21-40(22-24-41)50-19-10-30-60-38-50/h1,3-4,7-27,30-36,38H,2,5-6,28-29H2. The molecule has 0 saturated heterocycles. The summed E-state index contributed by atoms with van der Waals surface area (Å²) in [6.45, 7) is 0. The minimum Gasteiger partial charge on any atom is -0.264 e. The lowest BCUT2D eigenvalue weighted by atomic mass is 9.67. The predicted octanol–water partition coefficient (Wildman–Crippen LogP) is 14.6. The molecule has 0 N–H and O–H groups in total. The number of aromatic nitrogens is 3. The summed E-state index contributed by atoms with van der Waals surface area (Å²) in [5.41, 5.74) is 20.1. The first-order valence-electron chi connectivity index (χ1n) is 21.6. The summed E-state index contributed by atoms with van der Waals surface area (Å²) in [6.07, 6.45) is 9.75. The van der Waals surface area contributed by atoms with Gasteiger partial charge in [-0.05, 0) is 128 Å². The molecule has 4 nitrogen and oxygen atoms in total. The van der Waals surface area contributed by atoms with E-state index in [4.69, 9.17) is 9.97 Å². The smallest absolute Gasteiger partial charge is 0.160 e. The van der Waals surface area contributed by atoms with Gasteiger partial charge in [0.15, 0.2) is 5.82 Å². The summed E-state index contributed by atoms with van der Waals surface area (Å²) in [4.78, 5) is 14.5. The number of nitriles is 1. The second-order valence-corrected chi connectivity index (χ2v) is 16.7. The first-order valence-corrected chi connectivity index (χ1v) is 21.6. The zero-order chi connectivity index (χ0) is 41.5. The molecule has 2 aliphatic carbocycles. The van der Waals surface area contributed by atoms with Crippen molar-refractivity contribution in [3.8, 4) is 95.6 Å². The molecule has 0 aliphatic heterocycles. The lowest BCUT2D eigenvalue weighted by Gasteiger charge is -2.36. The van der Waals surface area contributed by atoms with Crippen LogP contribution in [0.25, 0.3) is 89.5 Å². The molecular formula is C58H42N4. The lowest BCUT2D eigenvalue weighted by Crippen LogP contribution is -2.28. The zero-order valence-corrected chi connectivity index (χ0v) is 34.3. The monoisotopic (exact) mass is 794 g/mol. The molecule has 0 atom stereocenters. The average Bonchev–Trinajstić information content (AvgIpc) is 3.61. The highest BCUT2D eigenvalue weighted by molar-refractivity contribution is 5.86. The summed E-state index contributed by atoms with van der Waals surface area (Å²) in [5, 5.41) is 9.74. The van der Waals surface area contributed by atoms with Gasteiger partial charge in [0.1, 0.15) is 0 Å². The van der Waals surface area contributed by atoms with Crippen molar-refractivity contribution in [2.24, 2.45) is 0 Å². The molecule has 4 heteroatoms. The highest BCUT2D eigenvalue weighted by Crippen LogP contribution is 2.56. The third kappa shape index (κ3) is 6.79. The van der Waals surface area contributed by atoms with Gasteiger partial charge in [0.25, 0.3) is 0 Å². The number of hydrogen-bond donors (Lipinski definition) is 0. The molecule has 11 rings (SSSR count). The molecule has 62 heavy (non-hydrogen) atoms. The van der Waals surface area contributed by atoms with Crippen LogP contribution >= 0.6 is 0 Å². The largest absolute Gasteiger partial charge is 0.264 e. The third-order valence-electron chi connectivity index (χ3n) is 13.0. The maximum absolute atomic E-state index is 9.74. The van der Waals surface area contributed by atoms with Gasteiger partial charge in [-0.2, -0.15) is 5.26 Å². The van der Waals surface area contributed by atoms with Crippen molar-refractivity contribution in [1.82, 2.24) is 15.0 Å². The first-order chi connectivity index (χ1) is 30.6. The first kappa shape index (κ1) is 37.3. The summed E-state index contributed by atoms with van der Waals surface area (Å²) < 4.78 is 0. The predicted molar refractivity (Wildman–Crippen MR) is 252 cm³/mol. The molecule has 0 amide bonds. The minimum absolute atomic E-state index is 0.0239. The van der Waals surface area contributed by atoms with Gasteiger partial charge in [0.2, 0.25) is 0 Å². The normalized spacial score (nSPS) is 13.6. The SMILES string of the molecule is N#Cc1ccc2c(c1)-c1ccc(-c3cccc(-c4cccc(-c5cccc(-c6cc(-c7ccc(-c8cccnc8)cc7)nc(-c7ccccc7)n6)c5)c4)c3)cc1C21CCCCC1.